The number of hydrogen-bond donors (Lipinski definition) is 1. The van der Waals surface area contributed by atoms with Crippen LogP contribution in [0.3, 0.4) is 0 Å². The third-order valence-corrected chi connectivity index (χ3v) is 3.41. The van der Waals surface area contributed by atoms with Gasteiger partial charge in [0.25, 0.3) is 0 Å². The summed E-state index contributed by atoms with van der Waals surface area (Å²) in [5.74, 6) is 0.485. The number of para-hydroxylation sites is 1. The zero-order valence-corrected chi connectivity index (χ0v) is 10.9. The molecule has 1 heterocycles. The fraction of sp³-hybridized carbons (Fsp3) is 0.308. The molecule has 2 rings (SSSR count). The monoisotopic (exact) mass is 278 g/mol. The highest BCUT2D eigenvalue weighted by Gasteiger charge is 2.07. The van der Waals surface area contributed by atoms with Crippen LogP contribution in [0, 0.1) is 5.92 Å². The van der Waals surface area contributed by atoms with Crippen molar-refractivity contribution in [3.05, 3.63) is 40.5 Å². The maximum Gasteiger partial charge on any atom is 0.110 e. The van der Waals surface area contributed by atoms with Gasteiger partial charge in [-0.3, -0.25) is 0 Å². The average Bonchev–Trinajstić information content (AvgIpc) is 2.30. The minimum Gasteiger partial charge on any atom is -0.330 e. The number of rotatable bonds is 3. The zero-order valence-electron chi connectivity index (χ0n) is 9.28. The summed E-state index contributed by atoms with van der Waals surface area (Å²) in [4.78, 5) is 4.54. The number of fused-ring (bicyclic) bond motifs is 1. The number of aromatic nitrogens is 1. The lowest BCUT2D eigenvalue weighted by molar-refractivity contribution is 0.591. The molecule has 2 aromatic rings. The maximum atomic E-state index is 5.65. The molecule has 0 spiro atoms. The SMILES string of the molecule is CC(CN)Cc1cc2ccccc2nc1Br. The highest BCUT2D eigenvalue weighted by Crippen LogP contribution is 2.22. The van der Waals surface area contributed by atoms with E-state index in [0.29, 0.717) is 12.5 Å². The number of nitrogens with zero attached hydrogens (tertiary/aromatic N) is 1. The van der Waals surface area contributed by atoms with Gasteiger partial charge in [0.2, 0.25) is 0 Å². The molecule has 0 radical (unpaired) electrons. The number of pyridine rings is 1. The molecule has 0 aliphatic heterocycles. The lowest BCUT2D eigenvalue weighted by atomic mass is 10.0. The van der Waals surface area contributed by atoms with Crippen molar-refractivity contribution in [2.75, 3.05) is 6.54 Å². The van der Waals surface area contributed by atoms with Gasteiger partial charge in [0.05, 0.1) is 5.52 Å². The summed E-state index contributed by atoms with van der Waals surface area (Å²) >= 11 is 3.52. The second-order valence-corrected chi connectivity index (χ2v) is 4.93. The highest BCUT2D eigenvalue weighted by atomic mass is 79.9. The summed E-state index contributed by atoms with van der Waals surface area (Å²) in [6.07, 6.45) is 0.967. The highest BCUT2D eigenvalue weighted by molar-refractivity contribution is 9.10. The van der Waals surface area contributed by atoms with Crippen LogP contribution in [0.4, 0.5) is 0 Å². The lowest BCUT2D eigenvalue weighted by Gasteiger charge is -2.10. The van der Waals surface area contributed by atoms with E-state index < -0.39 is 0 Å². The zero-order chi connectivity index (χ0) is 11.5. The Kier molecular flexibility index (Phi) is 3.56. The third kappa shape index (κ3) is 2.42. The number of hydrogen-bond acceptors (Lipinski definition) is 2. The van der Waals surface area contributed by atoms with E-state index in [1.54, 1.807) is 0 Å². The van der Waals surface area contributed by atoms with E-state index >= 15 is 0 Å². The first kappa shape index (κ1) is 11.6. The van der Waals surface area contributed by atoms with E-state index in [-0.39, 0.29) is 0 Å². The molecule has 84 valence electrons. The van der Waals surface area contributed by atoms with Crippen LogP contribution < -0.4 is 5.73 Å². The van der Waals surface area contributed by atoms with Crippen molar-refractivity contribution in [1.29, 1.82) is 0 Å². The largest absolute Gasteiger partial charge is 0.330 e. The summed E-state index contributed by atoms with van der Waals surface area (Å²) in [5, 5.41) is 1.19. The van der Waals surface area contributed by atoms with E-state index in [1.165, 1.54) is 10.9 Å². The molecule has 0 saturated heterocycles. The molecule has 2 N–H and O–H groups in total. The Morgan fingerprint density at radius 1 is 1.38 bits per heavy atom. The van der Waals surface area contributed by atoms with Crippen LogP contribution in [0.5, 0.6) is 0 Å². The van der Waals surface area contributed by atoms with Crippen LogP contribution >= 0.6 is 15.9 Å². The van der Waals surface area contributed by atoms with E-state index in [0.717, 1.165) is 16.5 Å². The van der Waals surface area contributed by atoms with Gasteiger partial charge >= 0.3 is 0 Å². The van der Waals surface area contributed by atoms with Crippen molar-refractivity contribution in [2.24, 2.45) is 11.7 Å². The van der Waals surface area contributed by atoms with E-state index in [4.69, 9.17) is 5.73 Å². The fourth-order valence-corrected chi connectivity index (χ4v) is 2.21. The van der Waals surface area contributed by atoms with E-state index in [2.05, 4.69) is 40.0 Å². The van der Waals surface area contributed by atoms with Crippen LogP contribution in [0.25, 0.3) is 10.9 Å². The van der Waals surface area contributed by atoms with E-state index in [9.17, 15) is 0 Å². The molecular formula is C13H15BrN2. The van der Waals surface area contributed by atoms with Gasteiger partial charge in [0.15, 0.2) is 0 Å². The second-order valence-electron chi connectivity index (χ2n) is 4.18. The number of halogens is 1. The lowest BCUT2D eigenvalue weighted by Crippen LogP contribution is -2.13. The Balaban J connectivity index is 2.42. The van der Waals surface area contributed by atoms with Gasteiger partial charge in [0, 0.05) is 5.39 Å². The predicted molar refractivity (Wildman–Crippen MR) is 71.4 cm³/mol. The van der Waals surface area contributed by atoms with Crippen LogP contribution in [-0.2, 0) is 6.42 Å². The Morgan fingerprint density at radius 3 is 2.88 bits per heavy atom. The van der Waals surface area contributed by atoms with Crippen molar-refractivity contribution in [1.82, 2.24) is 4.98 Å². The molecule has 0 saturated carbocycles. The number of benzene rings is 1. The van der Waals surface area contributed by atoms with Gasteiger partial charge in [-0.1, -0.05) is 25.1 Å². The molecule has 2 nitrogen and oxygen atoms in total. The van der Waals surface area contributed by atoms with Crippen molar-refractivity contribution in [2.45, 2.75) is 13.3 Å². The topological polar surface area (TPSA) is 38.9 Å². The molecule has 0 aliphatic carbocycles. The van der Waals surface area contributed by atoms with Crippen LogP contribution in [0.15, 0.2) is 34.9 Å². The van der Waals surface area contributed by atoms with Gasteiger partial charge in [-0.2, -0.15) is 0 Å². The van der Waals surface area contributed by atoms with E-state index in [1.807, 2.05) is 18.2 Å². The minimum atomic E-state index is 0.485. The van der Waals surface area contributed by atoms with Crippen LogP contribution in [0.2, 0.25) is 0 Å². The molecular weight excluding hydrogens is 264 g/mol. The Bertz CT molecular complexity index is 496. The molecule has 3 heteroatoms. The average molecular weight is 279 g/mol. The fourth-order valence-electron chi connectivity index (χ4n) is 1.74. The summed E-state index contributed by atoms with van der Waals surface area (Å²) in [6, 6.07) is 10.3. The predicted octanol–water partition coefficient (Wildman–Crippen LogP) is 3.13. The van der Waals surface area contributed by atoms with Gasteiger partial charge in [-0.05, 0) is 52.5 Å². The molecule has 0 aliphatic rings. The molecule has 1 atom stereocenters. The summed E-state index contributed by atoms with van der Waals surface area (Å²) < 4.78 is 0.937. The molecule has 0 amide bonds. The normalized spacial score (nSPS) is 12.9. The standard InChI is InChI=1S/C13H15BrN2/c1-9(8-15)6-11-7-10-4-2-3-5-12(10)16-13(11)14/h2-5,7,9H,6,8,15H2,1H3. The van der Waals surface area contributed by atoms with Crippen LogP contribution in [-0.4, -0.2) is 11.5 Å². The summed E-state index contributed by atoms with van der Waals surface area (Å²) in [7, 11) is 0. The second kappa shape index (κ2) is 4.93. The molecule has 16 heavy (non-hydrogen) atoms. The Labute approximate surface area is 104 Å². The third-order valence-electron chi connectivity index (χ3n) is 2.72. The molecule has 1 aromatic carbocycles. The molecule has 1 unspecified atom stereocenters. The van der Waals surface area contributed by atoms with Crippen LogP contribution in [0.1, 0.15) is 12.5 Å². The molecule has 0 bridgehead atoms. The first-order valence-electron chi connectivity index (χ1n) is 5.45. The minimum absolute atomic E-state index is 0.485. The van der Waals surface area contributed by atoms with Crippen molar-refractivity contribution in [3.63, 3.8) is 0 Å². The summed E-state index contributed by atoms with van der Waals surface area (Å²) in [6.45, 7) is 2.86. The molecule has 1 aromatic heterocycles. The van der Waals surface area contributed by atoms with Gasteiger partial charge in [-0.25, -0.2) is 4.98 Å². The van der Waals surface area contributed by atoms with Crippen molar-refractivity contribution in [3.8, 4) is 0 Å². The van der Waals surface area contributed by atoms with Gasteiger partial charge in [-0.15, -0.1) is 0 Å². The van der Waals surface area contributed by atoms with Crippen molar-refractivity contribution < 1.29 is 0 Å². The summed E-state index contributed by atoms with van der Waals surface area (Å²) in [5.41, 5.74) is 7.91. The quantitative estimate of drug-likeness (QED) is 0.877. The smallest absolute Gasteiger partial charge is 0.110 e. The number of nitrogens with two attached hydrogens (primary N) is 1. The molecule has 0 fully saturated rings. The van der Waals surface area contributed by atoms with Gasteiger partial charge in [0.1, 0.15) is 4.60 Å². The maximum absolute atomic E-state index is 5.65. The van der Waals surface area contributed by atoms with Crippen molar-refractivity contribution >= 4 is 26.8 Å². The first-order valence-corrected chi connectivity index (χ1v) is 6.24. The van der Waals surface area contributed by atoms with Gasteiger partial charge < -0.3 is 5.73 Å². The first-order chi connectivity index (χ1) is 7.70. The Morgan fingerprint density at radius 2 is 2.12 bits per heavy atom. The Hall–Kier alpha value is -0.930.